The number of rotatable bonds is 17. The second-order valence-electron chi connectivity index (χ2n) is 7.64. The van der Waals surface area contributed by atoms with E-state index in [1.54, 1.807) is 0 Å². The molecule has 9 N–H and O–H groups in total. The van der Waals surface area contributed by atoms with Crippen molar-refractivity contribution in [1.82, 2.24) is 25.9 Å². The number of amides is 4. The first-order chi connectivity index (χ1) is 16.6. The first-order valence-corrected chi connectivity index (χ1v) is 13.5. The summed E-state index contributed by atoms with van der Waals surface area (Å²) in [6.07, 6.45) is 6.56. The van der Waals surface area contributed by atoms with E-state index in [9.17, 15) is 29.1 Å². The number of nitrogens with zero attached hydrogens (tertiary/aromatic N) is 1. The molecule has 0 fully saturated rings. The highest BCUT2D eigenvalue weighted by atomic mass is 32.2. The lowest BCUT2D eigenvalue weighted by Gasteiger charge is -2.24. The number of nitrogens with two attached hydrogens (primary N) is 2. The highest BCUT2D eigenvalue weighted by molar-refractivity contribution is 7.98. The largest absolute Gasteiger partial charge is 0.480 e. The summed E-state index contributed by atoms with van der Waals surface area (Å²) in [5, 5.41) is 16.7. The standard InChI is InChI=1S/C20H33N7O6S2/c1-34-5-3-13(18(30)26-14(20(32)33)4-6-35-2)25-19(31)15(8-16(22)28)27-17(29)12(21)7-11-9-23-10-24-11/h9-10,12-15H,3-8,21H2,1-2H3,(H2,22,28)(H,23,24)(H,25,31)(H,26,30)(H,27,29)(H,32,33). The van der Waals surface area contributed by atoms with Crippen molar-refractivity contribution >= 4 is 53.1 Å². The number of carbonyl (C=O) groups excluding carboxylic acids is 4. The van der Waals surface area contributed by atoms with Crippen molar-refractivity contribution in [2.45, 2.75) is 49.9 Å². The lowest BCUT2D eigenvalue weighted by Crippen LogP contribution is -2.58. The van der Waals surface area contributed by atoms with E-state index in [0.717, 1.165) is 0 Å². The Balaban J connectivity index is 2.91. The number of aromatic nitrogens is 2. The molecule has 1 rings (SSSR count). The maximum atomic E-state index is 12.9. The number of primary amides is 1. The van der Waals surface area contributed by atoms with E-state index in [0.29, 0.717) is 17.2 Å². The molecule has 15 heteroatoms. The molecule has 4 unspecified atom stereocenters. The number of aliphatic carboxylic acids is 1. The van der Waals surface area contributed by atoms with Gasteiger partial charge in [-0.3, -0.25) is 19.2 Å². The fraction of sp³-hybridized carbons (Fsp3) is 0.600. The highest BCUT2D eigenvalue weighted by Gasteiger charge is 2.31. The first kappa shape index (κ1) is 30.3. The summed E-state index contributed by atoms with van der Waals surface area (Å²) in [6, 6.07) is -4.62. The predicted molar refractivity (Wildman–Crippen MR) is 134 cm³/mol. The summed E-state index contributed by atoms with van der Waals surface area (Å²) < 4.78 is 0. The van der Waals surface area contributed by atoms with Gasteiger partial charge in [0.05, 0.1) is 18.8 Å². The van der Waals surface area contributed by atoms with Crippen LogP contribution in [0.1, 0.15) is 25.0 Å². The number of imidazole rings is 1. The summed E-state index contributed by atoms with van der Waals surface area (Å²) in [4.78, 5) is 67.9. The number of aromatic amines is 1. The van der Waals surface area contributed by atoms with Gasteiger partial charge in [0.1, 0.15) is 18.1 Å². The average Bonchev–Trinajstić information content (AvgIpc) is 3.30. The summed E-state index contributed by atoms with van der Waals surface area (Å²) in [5.41, 5.74) is 11.7. The first-order valence-electron chi connectivity index (χ1n) is 10.7. The van der Waals surface area contributed by atoms with Crippen LogP contribution < -0.4 is 27.4 Å². The molecule has 1 aromatic heterocycles. The van der Waals surface area contributed by atoms with Gasteiger partial charge in [-0.25, -0.2) is 9.78 Å². The molecule has 35 heavy (non-hydrogen) atoms. The molecular weight excluding hydrogens is 498 g/mol. The van der Waals surface area contributed by atoms with Crippen molar-refractivity contribution in [3.05, 3.63) is 18.2 Å². The molecule has 0 spiro atoms. The van der Waals surface area contributed by atoms with Gasteiger partial charge in [-0.2, -0.15) is 23.5 Å². The van der Waals surface area contributed by atoms with Crippen molar-refractivity contribution in [2.24, 2.45) is 11.5 Å². The van der Waals surface area contributed by atoms with Crippen LogP contribution in [0, 0.1) is 0 Å². The summed E-state index contributed by atoms with van der Waals surface area (Å²) in [6.45, 7) is 0. The van der Waals surface area contributed by atoms with E-state index < -0.39 is 60.2 Å². The van der Waals surface area contributed by atoms with Crippen molar-refractivity contribution in [3.8, 4) is 0 Å². The molecule has 4 atom stereocenters. The summed E-state index contributed by atoms with van der Waals surface area (Å²) in [5.74, 6) is -3.22. The van der Waals surface area contributed by atoms with E-state index in [1.165, 1.54) is 36.0 Å². The molecule has 0 aliphatic heterocycles. The lowest BCUT2D eigenvalue weighted by molar-refractivity contribution is -0.142. The minimum absolute atomic E-state index is 0.113. The van der Waals surface area contributed by atoms with Crippen LogP contribution in [0.3, 0.4) is 0 Å². The van der Waals surface area contributed by atoms with Gasteiger partial charge in [-0.15, -0.1) is 0 Å². The predicted octanol–water partition coefficient (Wildman–Crippen LogP) is -1.80. The number of hydrogen-bond acceptors (Lipinski definition) is 9. The van der Waals surface area contributed by atoms with Crippen LogP contribution in [-0.4, -0.2) is 92.9 Å². The highest BCUT2D eigenvalue weighted by Crippen LogP contribution is 2.06. The van der Waals surface area contributed by atoms with Gasteiger partial charge in [0.15, 0.2) is 0 Å². The van der Waals surface area contributed by atoms with Crippen LogP contribution in [0.25, 0.3) is 0 Å². The molecule has 1 heterocycles. The number of nitrogens with one attached hydrogen (secondary N) is 4. The van der Waals surface area contributed by atoms with Crippen LogP contribution >= 0.6 is 23.5 Å². The SMILES string of the molecule is CSCCC(NC(=O)C(CCSC)NC(=O)C(CC(N)=O)NC(=O)C(N)Cc1cnc[nH]1)C(=O)O. The quantitative estimate of drug-likeness (QED) is 0.119. The molecule has 0 bridgehead atoms. The van der Waals surface area contributed by atoms with E-state index >= 15 is 0 Å². The molecule has 0 aromatic carbocycles. The molecule has 4 amide bonds. The van der Waals surface area contributed by atoms with E-state index in [2.05, 4.69) is 25.9 Å². The van der Waals surface area contributed by atoms with Gasteiger partial charge >= 0.3 is 5.97 Å². The number of carboxylic acid groups (broad SMARTS) is 1. The van der Waals surface area contributed by atoms with Crippen molar-refractivity contribution in [2.75, 3.05) is 24.0 Å². The Morgan fingerprint density at radius 3 is 2.03 bits per heavy atom. The molecule has 0 radical (unpaired) electrons. The molecule has 0 saturated carbocycles. The number of H-pyrrole nitrogens is 1. The minimum Gasteiger partial charge on any atom is -0.480 e. The molecule has 13 nitrogen and oxygen atoms in total. The zero-order valence-electron chi connectivity index (χ0n) is 19.6. The summed E-state index contributed by atoms with van der Waals surface area (Å²) in [7, 11) is 0. The van der Waals surface area contributed by atoms with Crippen LogP contribution in [0.4, 0.5) is 0 Å². The smallest absolute Gasteiger partial charge is 0.326 e. The second-order valence-corrected chi connectivity index (χ2v) is 9.61. The summed E-state index contributed by atoms with van der Waals surface area (Å²) >= 11 is 2.87. The number of hydrogen-bond donors (Lipinski definition) is 7. The van der Waals surface area contributed by atoms with Crippen LogP contribution in [0.15, 0.2) is 12.5 Å². The van der Waals surface area contributed by atoms with Gasteiger partial charge in [0, 0.05) is 18.3 Å². The van der Waals surface area contributed by atoms with E-state index in [4.69, 9.17) is 11.5 Å². The van der Waals surface area contributed by atoms with Crippen LogP contribution in [0.2, 0.25) is 0 Å². The second kappa shape index (κ2) is 16.0. The third-order valence-electron chi connectivity index (χ3n) is 4.84. The molecule has 0 aliphatic carbocycles. The van der Waals surface area contributed by atoms with Crippen LogP contribution in [0.5, 0.6) is 0 Å². The van der Waals surface area contributed by atoms with Crippen molar-refractivity contribution in [1.29, 1.82) is 0 Å². The van der Waals surface area contributed by atoms with Gasteiger partial charge < -0.3 is 37.5 Å². The Bertz CT molecular complexity index is 855. The minimum atomic E-state index is -1.37. The average molecular weight is 532 g/mol. The Morgan fingerprint density at radius 2 is 1.51 bits per heavy atom. The zero-order chi connectivity index (χ0) is 26.4. The van der Waals surface area contributed by atoms with Crippen molar-refractivity contribution < 1.29 is 29.1 Å². The Hall–Kier alpha value is -2.78. The monoisotopic (exact) mass is 531 g/mol. The molecule has 1 aromatic rings. The maximum Gasteiger partial charge on any atom is 0.326 e. The van der Waals surface area contributed by atoms with Gasteiger partial charge in [0.2, 0.25) is 23.6 Å². The van der Waals surface area contributed by atoms with Gasteiger partial charge in [-0.1, -0.05) is 0 Å². The van der Waals surface area contributed by atoms with Gasteiger partial charge in [-0.05, 0) is 36.9 Å². The maximum absolute atomic E-state index is 12.9. The van der Waals surface area contributed by atoms with Gasteiger partial charge in [0.25, 0.3) is 0 Å². The number of carboxylic acids is 1. The lowest BCUT2D eigenvalue weighted by atomic mass is 10.1. The number of thioether (sulfide) groups is 2. The Kier molecular flexibility index (Phi) is 13.8. The molecule has 0 saturated heterocycles. The number of carbonyl (C=O) groups is 5. The fourth-order valence-corrected chi connectivity index (χ4v) is 3.90. The molecule has 196 valence electrons. The van der Waals surface area contributed by atoms with Crippen molar-refractivity contribution in [3.63, 3.8) is 0 Å². The van der Waals surface area contributed by atoms with E-state index in [1.807, 2.05) is 12.5 Å². The molecular formula is C20H33N7O6S2. The zero-order valence-corrected chi connectivity index (χ0v) is 21.2. The fourth-order valence-electron chi connectivity index (χ4n) is 2.96. The normalized spacial score (nSPS) is 14.3. The third kappa shape index (κ3) is 11.5. The third-order valence-corrected chi connectivity index (χ3v) is 6.13. The van der Waals surface area contributed by atoms with E-state index in [-0.39, 0.29) is 19.3 Å². The topological polar surface area (TPSA) is 222 Å². The Morgan fingerprint density at radius 1 is 0.971 bits per heavy atom. The molecule has 0 aliphatic rings. The van der Waals surface area contributed by atoms with Crippen LogP contribution in [-0.2, 0) is 30.4 Å². The Labute approximate surface area is 211 Å².